The lowest BCUT2D eigenvalue weighted by Crippen LogP contribution is -2.39. The summed E-state index contributed by atoms with van der Waals surface area (Å²) in [5.41, 5.74) is 0. The summed E-state index contributed by atoms with van der Waals surface area (Å²) in [6.45, 7) is 10.0. The van der Waals surface area contributed by atoms with Gasteiger partial charge < -0.3 is 15.2 Å². The molecule has 0 radical (unpaired) electrons. The zero-order valence-corrected chi connectivity index (χ0v) is 13.8. The Morgan fingerprint density at radius 3 is 2.44 bits per heavy atom. The second kappa shape index (κ2) is 10.2. The number of aliphatic imine (C=N–C) groups is 1. The van der Waals surface area contributed by atoms with E-state index in [1.54, 1.807) is 0 Å². The van der Waals surface area contributed by atoms with Crippen molar-refractivity contribution in [1.82, 2.24) is 15.2 Å². The predicted octanol–water partition coefficient (Wildman–Crippen LogP) is 2.32. The van der Waals surface area contributed by atoms with Gasteiger partial charge in [0.2, 0.25) is 0 Å². The molecule has 1 heterocycles. The summed E-state index contributed by atoms with van der Waals surface area (Å²) in [6.07, 6.45) is 4.14. The number of guanidine groups is 1. The topological polar surface area (TPSA) is 41.4 Å². The molecule has 2 N–H and O–H groups in total. The molecular formula is C13H25IN4. The first-order valence-corrected chi connectivity index (χ1v) is 6.35. The Morgan fingerprint density at radius 1 is 1.22 bits per heavy atom. The zero-order valence-electron chi connectivity index (χ0n) is 11.5. The van der Waals surface area contributed by atoms with Crippen LogP contribution in [0.3, 0.4) is 0 Å². The fraction of sp³-hybridized carbons (Fsp3) is 0.615. The van der Waals surface area contributed by atoms with Crippen molar-refractivity contribution in [2.45, 2.75) is 27.3 Å². The molecule has 4 nitrogen and oxygen atoms in total. The Labute approximate surface area is 127 Å². The maximum atomic E-state index is 4.52. The van der Waals surface area contributed by atoms with Gasteiger partial charge in [-0.05, 0) is 25.0 Å². The summed E-state index contributed by atoms with van der Waals surface area (Å²) in [5, 5.41) is 6.58. The van der Waals surface area contributed by atoms with Gasteiger partial charge in [0.25, 0.3) is 0 Å². The highest BCUT2D eigenvalue weighted by atomic mass is 127. The largest absolute Gasteiger partial charge is 0.357 e. The van der Waals surface area contributed by atoms with Crippen LogP contribution in [-0.2, 0) is 6.54 Å². The van der Waals surface area contributed by atoms with E-state index in [1.165, 1.54) is 0 Å². The van der Waals surface area contributed by atoms with Gasteiger partial charge in [0, 0.05) is 38.6 Å². The van der Waals surface area contributed by atoms with Gasteiger partial charge in [0.15, 0.2) is 5.96 Å². The van der Waals surface area contributed by atoms with E-state index in [4.69, 9.17) is 0 Å². The van der Waals surface area contributed by atoms with Crippen molar-refractivity contribution in [3.8, 4) is 0 Å². The van der Waals surface area contributed by atoms with E-state index in [0.29, 0.717) is 5.92 Å². The van der Waals surface area contributed by atoms with Gasteiger partial charge in [0.1, 0.15) is 0 Å². The second-order valence-corrected chi connectivity index (χ2v) is 4.46. The van der Waals surface area contributed by atoms with E-state index in [2.05, 4.69) is 53.4 Å². The molecule has 18 heavy (non-hydrogen) atoms. The van der Waals surface area contributed by atoms with Crippen LogP contribution in [0.2, 0.25) is 0 Å². The lowest BCUT2D eigenvalue weighted by atomic mass is 10.2. The summed E-state index contributed by atoms with van der Waals surface area (Å²) in [4.78, 5) is 4.52. The highest BCUT2D eigenvalue weighted by Gasteiger charge is 1.97. The Kier molecular flexibility index (Phi) is 9.82. The fourth-order valence-electron chi connectivity index (χ4n) is 1.44. The van der Waals surface area contributed by atoms with E-state index in [-0.39, 0.29) is 24.0 Å². The summed E-state index contributed by atoms with van der Waals surface area (Å²) >= 11 is 0. The second-order valence-electron chi connectivity index (χ2n) is 4.46. The Bertz CT molecular complexity index is 320. The third-order valence-corrected chi connectivity index (χ3v) is 2.29. The molecule has 0 atom stereocenters. The first kappa shape index (κ1) is 17.3. The fourth-order valence-corrected chi connectivity index (χ4v) is 1.44. The van der Waals surface area contributed by atoms with Gasteiger partial charge in [0.05, 0.1) is 0 Å². The van der Waals surface area contributed by atoms with Crippen molar-refractivity contribution in [1.29, 1.82) is 0 Å². The first-order chi connectivity index (χ1) is 8.22. The predicted molar refractivity (Wildman–Crippen MR) is 88.7 cm³/mol. The smallest absolute Gasteiger partial charge is 0.191 e. The maximum Gasteiger partial charge on any atom is 0.191 e. The van der Waals surface area contributed by atoms with E-state index in [0.717, 1.165) is 32.1 Å². The third-order valence-electron chi connectivity index (χ3n) is 2.29. The molecule has 1 rings (SSSR count). The van der Waals surface area contributed by atoms with Crippen LogP contribution < -0.4 is 10.6 Å². The van der Waals surface area contributed by atoms with Crippen molar-refractivity contribution in [2.75, 3.05) is 19.6 Å². The molecule has 104 valence electrons. The molecule has 0 aliphatic heterocycles. The maximum absolute atomic E-state index is 4.52. The average molecular weight is 364 g/mol. The molecule has 0 saturated heterocycles. The molecule has 0 unspecified atom stereocenters. The molecule has 0 bridgehead atoms. The SMILES string of the molecule is CCNC(=NCC(C)C)NCCn1cccc1.I. The molecule has 0 aliphatic rings. The molecule has 1 aromatic heterocycles. The van der Waals surface area contributed by atoms with Crippen molar-refractivity contribution < 1.29 is 0 Å². The molecule has 0 aliphatic carbocycles. The normalized spacial score (nSPS) is 11.2. The van der Waals surface area contributed by atoms with Crippen LogP contribution >= 0.6 is 24.0 Å². The lowest BCUT2D eigenvalue weighted by Gasteiger charge is -2.12. The zero-order chi connectivity index (χ0) is 12.5. The Morgan fingerprint density at radius 2 is 1.89 bits per heavy atom. The molecule has 0 saturated carbocycles. The van der Waals surface area contributed by atoms with Gasteiger partial charge >= 0.3 is 0 Å². The summed E-state index contributed by atoms with van der Waals surface area (Å²) in [5.74, 6) is 1.50. The monoisotopic (exact) mass is 364 g/mol. The van der Waals surface area contributed by atoms with Crippen molar-refractivity contribution in [3.05, 3.63) is 24.5 Å². The van der Waals surface area contributed by atoms with Crippen molar-refractivity contribution in [3.63, 3.8) is 0 Å². The highest BCUT2D eigenvalue weighted by Crippen LogP contribution is 1.91. The third kappa shape index (κ3) is 7.58. The summed E-state index contributed by atoms with van der Waals surface area (Å²) in [7, 11) is 0. The van der Waals surface area contributed by atoms with Gasteiger partial charge in [-0.25, -0.2) is 0 Å². The number of rotatable bonds is 6. The number of hydrogen-bond donors (Lipinski definition) is 2. The minimum atomic E-state index is 0. The van der Waals surface area contributed by atoms with Crippen LogP contribution in [0.1, 0.15) is 20.8 Å². The minimum Gasteiger partial charge on any atom is -0.357 e. The number of halogens is 1. The van der Waals surface area contributed by atoms with E-state index in [9.17, 15) is 0 Å². The van der Waals surface area contributed by atoms with Crippen molar-refractivity contribution >= 4 is 29.9 Å². The molecule has 1 aromatic rings. The molecule has 0 spiro atoms. The van der Waals surface area contributed by atoms with Crippen LogP contribution in [0.5, 0.6) is 0 Å². The van der Waals surface area contributed by atoms with Gasteiger partial charge in [-0.3, -0.25) is 4.99 Å². The number of nitrogens with zero attached hydrogens (tertiary/aromatic N) is 2. The standard InChI is InChI=1S/C13H24N4.HI/c1-4-14-13(16-11-12(2)3)15-7-10-17-8-5-6-9-17;/h5-6,8-9,12H,4,7,10-11H2,1-3H3,(H2,14,15,16);1H. The van der Waals surface area contributed by atoms with Crippen LogP contribution in [-0.4, -0.2) is 30.2 Å². The highest BCUT2D eigenvalue weighted by molar-refractivity contribution is 14.0. The van der Waals surface area contributed by atoms with Crippen LogP contribution in [0.4, 0.5) is 0 Å². The number of aromatic nitrogens is 1. The van der Waals surface area contributed by atoms with Gasteiger partial charge in [-0.1, -0.05) is 13.8 Å². The quantitative estimate of drug-likeness (QED) is 0.462. The molecule has 0 amide bonds. The summed E-state index contributed by atoms with van der Waals surface area (Å²) in [6, 6.07) is 4.08. The molecule has 0 aromatic carbocycles. The molecular weight excluding hydrogens is 339 g/mol. The van der Waals surface area contributed by atoms with Gasteiger partial charge in [-0.2, -0.15) is 0 Å². The molecule has 0 fully saturated rings. The first-order valence-electron chi connectivity index (χ1n) is 6.35. The van der Waals surface area contributed by atoms with Crippen LogP contribution in [0.15, 0.2) is 29.5 Å². The minimum absolute atomic E-state index is 0. The van der Waals surface area contributed by atoms with Crippen LogP contribution in [0.25, 0.3) is 0 Å². The molecule has 5 heteroatoms. The Hall–Kier alpha value is -0.720. The average Bonchev–Trinajstić information content (AvgIpc) is 2.78. The lowest BCUT2D eigenvalue weighted by molar-refractivity contribution is 0.642. The number of nitrogens with one attached hydrogen (secondary N) is 2. The van der Waals surface area contributed by atoms with Crippen molar-refractivity contribution in [2.24, 2.45) is 10.9 Å². The summed E-state index contributed by atoms with van der Waals surface area (Å²) < 4.78 is 2.15. The van der Waals surface area contributed by atoms with E-state index >= 15 is 0 Å². The van der Waals surface area contributed by atoms with Crippen LogP contribution in [0, 0.1) is 5.92 Å². The van der Waals surface area contributed by atoms with Gasteiger partial charge in [-0.15, -0.1) is 24.0 Å². The Balaban J connectivity index is 0.00000289. The van der Waals surface area contributed by atoms with E-state index in [1.807, 2.05) is 12.1 Å². The number of hydrogen-bond acceptors (Lipinski definition) is 1. The van der Waals surface area contributed by atoms with E-state index < -0.39 is 0 Å².